The van der Waals surface area contributed by atoms with Gasteiger partial charge < -0.3 is 20.1 Å². The third-order valence-electron chi connectivity index (χ3n) is 6.09. The highest BCUT2D eigenvalue weighted by Gasteiger charge is 2.52. The van der Waals surface area contributed by atoms with Gasteiger partial charge in [0.05, 0.1) is 30.9 Å². The first kappa shape index (κ1) is 31.0. The molecule has 2 aromatic rings. The molecule has 0 bridgehead atoms. The summed E-state index contributed by atoms with van der Waals surface area (Å²) in [6.45, 7) is 8.10. The summed E-state index contributed by atoms with van der Waals surface area (Å²) < 4.78 is 64.3. The molecule has 7 nitrogen and oxygen atoms in total. The first-order valence-electron chi connectivity index (χ1n) is 12.3. The summed E-state index contributed by atoms with van der Waals surface area (Å²) in [6.07, 6.45) is 2.11. The SMILES string of the molecule is C#C.CC.Cc1nc(CC(=O)NC2(C(F)F)CC2)c(C2OCCO2)c(NCc2cccc(C(F)F)c2C)n1. The quantitative estimate of drug-likeness (QED) is 0.328. The predicted molar refractivity (Wildman–Crippen MR) is 136 cm³/mol. The summed E-state index contributed by atoms with van der Waals surface area (Å²) >= 11 is 0. The molecule has 2 fully saturated rings. The number of benzene rings is 1. The molecular weight excluding hydrogens is 504 g/mol. The molecule has 0 unspecified atom stereocenters. The fraction of sp³-hybridized carbons (Fsp3) is 0.519. The number of hydrogen-bond acceptors (Lipinski definition) is 6. The topological polar surface area (TPSA) is 85.4 Å². The molecule has 1 aliphatic carbocycles. The molecule has 38 heavy (non-hydrogen) atoms. The van der Waals surface area contributed by atoms with E-state index in [1.807, 2.05) is 13.8 Å². The first-order valence-corrected chi connectivity index (χ1v) is 12.3. The minimum Gasteiger partial charge on any atom is -0.365 e. The largest absolute Gasteiger partial charge is 0.365 e. The van der Waals surface area contributed by atoms with E-state index in [1.165, 1.54) is 6.07 Å². The highest BCUT2D eigenvalue weighted by atomic mass is 19.3. The zero-order valence-corrected chi connectivity index (χ0v) is 22.0. The monoisotopic (exact) mass is 538 g/mol. The second kappa shape index (κ2) is 14.1. The number of alkyl halides is 4. The maximum atomic E-state index is 13.3. The van der Waals surface area contributed by atoms with Crippen LogP contribution in [0.15, 0.2) is 18.2 Å². The number of nitrogens with zero attached hydrogens (tertiary/aromatic N) is 2. The Balaban J connectivity index is 0.00000121. The predicted octanol–water partition coefficient (Wildman–Crippen LogP) is 5.42. The minimum atomic E-state index is -2.64. The van der Waals surface area contributed by atoms with E-state index in [2.05, 4.69) is 33.4 Å². The fourth-order valence-electron chi connectivity index (χ4n) is 4.00. The van der Waals surface area contributed by atoms with E-state index >= 15 is 0 Å². The number of carbonyl (C=O) groups is 1. The molecule has 2 N–H and O–H groups in total. The van der Waals surface area contributed by atoms with E-state index in [1.54, 1.807) is 26.0 Å². The molecule has 2 heterocycles. The molecule has 1 amide bonds. The number of anilines is 1. The molecule has 1 aromatic carbocycles. The van der Waals surface area contributed by atoms with Crippen molar-refractivity contribution < 1.29 is 31.8 Å². The van der Waals surface area contributed by atoms with Crippen LogP contribution in [0.3, 0.4) is 0 Å². The Morgan fingerprint density at radius 1 is 1.11 bits per heavy atom. The number of carbonyl (C=O) groups excluding carboxylic acids is 1. The summed E-state index contributed by atoms with van der Waals surface area (Å²) in [5.74, 6) is 0.0979. The Hall–Kier alpha value is -3.23. The summed E-state index contributed by atoms with van der Waals surface area (Å²) in [6, 6.07) is 4.68. The van der Waals surface area contributed by atoms with Gasteiger partial charge in [0.2, 0.25) is 5.91 Å². The second-order valence-electron chi connectivity index (χ2n) is 8.52. The van der Waals surface area contributed by atoms with Crippen molar-refractivity contribution in [2.24, 2.45) is 0 Å². The van der Waals surface area contributed by atoms with Crippen LogP contribution in [0, 0.1) is 26.7 Å². The van der Waals surface area contributed by atoms with Crippen LogP contribution < -0.4 is 10.6 Å². The first-order chi connectivity index (χ1) is 18.2. The number of halogens is 4. The van der Waals surface area contributed by atoms with Crippen molar-refractivity contribution in [1.82, 2.24) is 15.3 Å². The third-order valence-corrected chi connectivity index (χ3v) is 6.09. The number of terminal acetylenes is 1. The number of hydrogen-bond donors (Lipinski definition) is 2. The number of ether oxygens (including phenoxy) is 2. The van der Waals surface area contributed by atoms with Gasteiger partial charge in [0.1, 0.15) is 17.2 Å². The van der Waals surface area contributed by atoms with Gasteiger partial charge in [-0.15, -0.1) is 12.8 Å². The number of aryl methyl sites for hydroxylation is 1. The van der Waals surface area contributed by atoms with Gasteiger partial charge in [0.25, 0.3) is 12.9 Å². The minimum absolute atomic E-state index is 0.0498. The molecule has 1 aromatic heterocycles. The average molecular weight is 539 g/mol. The van der Waals surface area contributed by atoms with E-state index in [0.717, 1.165) is 0 Å². The van der Waals surface area contributed by atoms with E-state index in [-0.39, 0.29) is 31.4 Å². The lowest BCUT2D eigenvalue weighted by Gasteiger charge is -2.21. The van der Waals surface area contributed by atoms with Gasteiger partial charge in [-0.3, -0.25) is 4.79 Å². The summed E-state index contributed by atoms with van der Waals surface area (Å²) in [7, 11) is 0. The Bertz CT molecular complexity index is 1100. The Labute approximate surface area is 220 Å². The van der Waals surface area contributed by atoms with Crippen molar-refractivity contribution in [1.29, 1.82) is 0 Å². The summed E-state index contributed by atoms with van der Waals surface area (Å²) in [5.41, 5.74) is 0.289. The second-order valence-corrected chi connectivity index (χ2v) is 8.52. The maximum absolute atomic E-state index is 13.3. The molecule has 0 spiro atoms. The van der Waals surface area contributed by atoms with Crippen LogP contribution in [0.1, 0.15) is 73.2 Å². The molecule has 1 saturated carbocycles. The zero-order chi connectivity index (χ0) is 28.5. The number of aromatic nitrogens is 2. The van der Waals surface area contributed by atoms with Crippen molar-refractivity contribution >= 4 is 11.7 Å². The summed E-state index contributed by atoms with van der Waals surface area (Å²) in [5, 5.41) is 5.57. The smallest absolute Gasteiger partial charge is 0.264 e. The average Bonchev–Trinajstić information content (AvgIpc) is 3.48. The lowest BCUT2D eigenvalue weighted by Crippen LogP contribution is -2.43. The van der Waals surface area contributed by atoms with Crippen LogP contribution in [0.5, 0.6) is 0 Å². The van der Waals surface area contributed by atoms with Gasteiger partial charge in [-0.1, -0.05) is 32.0 Å². The van der Waals surface area contributed by atoms with Gasteiger partial charge in [-0.05, 0) is 37.8 Å². The van der Waals surface area contributed by atoms with Crippen LogP contribution in [0.4, 0.5) is 23.4 Å². The van der Waals surface area contributed by atoms with Gasteiger partial charge in [-0.25, -0.2) is 27.5 Å². The van der Waals surface area contributed by atoms with Crippen molar-refractivity contribution in [3.63, 3.8) is 0 Å². The molecular formula is C27H34F4N4O3. The Morgan fingerprint density at radius 3 is 2.29 bits per heavy atom. The Kier molecular flexibility index (Phi) is 11.5. The molecule has 208 valence electrons. The number of amides is 1. The van der Waals surface area contributed by atoms with Crippen molar-refractivity contribution in [2.45, 2.75) is 78.2 Å². The van der Waals surface area contributed by atoms with Gasteiger partial charge in [0, 0.05) is 12.1 Å². The van der Waals surface area contributed by atoms with Crippen LogP contribution >= 0.6 is 0 Å². The molecule has 4 rings (SSSR count). The molecule has 0 radical (unpaired) electrons. The normalized spacial score (nSPS) is 15.8. The third kappa shape index (κ3) is 7.42. The molecule has 0 atom stereocenters. The van der Waals surface area contributed by atoms with E-state index in [9.17, 15) is 22.4 Å². The lowest BCUT2D eigenvalue weighted by molar-refractivity contribution is -0.122. The standard InChI is InChI=1S/C23H26F4N4O3.C2H6.C2H2/c1-12-14(4-3-5-15(12)19(24)25)11-28-20-18(21-33-8-9-34-21)16(29-13(2)30-20)10-17(32)31-23(6-7-23)22(26)27;2*1-2/h3-5,19,21-22H,6-11H2,1-2H3,(H,31,32)(H,28,29,30);1-2H3;1-2H. The van der Waals surface area contributed by atoms with E-state index in [0.29, 0.717) is 47.2 Å². The lowest BCUT2D eigenvalue weighted by atomic mass is 10.0. The van der Waals surface area contributed by atoms with Gasteiger partial charge >= 0.3 is 0 Å². The molecule has 11 heteroatoms. The van der Waals surface area contributed by atoms with Crippen LogP contribution in [-0.2, 0) is 27.2 Å². The number of nitrogens with one attached hydrogen (secondary N) is 2. The van der Waals surface area contributed by atoms with E-state index in [4.69, 9.17) is 9.47 Å². The maximum Gasteiger partial charge on any atom is 0.264 e. The Morgan fingerprint density at radius 2 is 1.74 bits per heavy atom. The molecule has 1 saturated heterocycles. The van der Waals surface area contributed by atoms with Crippen molar-refractivity contribution in [3.05, 3.63) is 52.0 Å². The van der Waals surface area contributed by atoms with Crippen molar-refractivity contribution in [3.8, 4) is 12.8 Å². The van der Waals surface area contributed by atoms with Crippen LogP contribution in [-0.4, -0.2) is 41.1 Å². The molecule has 2 aliphatic rings. The highest BCUT2D eigenvalue weighted by molar-refractivity contribution is 5.80. The highest BCUT2D eigenvalue weighted by Crippen LogP contribution is 2.41. The molecule has 1 aliphatic heterocycles. The van der Waals surface area contributed by atoms with Gasteiger partial charge in [-0.2, -0.15) is 0 Å². The summed E-state index contributed by atoms with van der Waals surface area (Å²) in [4.78, 5) is 21.4. The van der Waals surface area contributed by atoms with Crippen LogP contribution in [0.2, 0.25) is 0 Å². The van der Waals surface area contributed by atoms with Gasteiger partial charge in [0.15, 0.2) is 6.29 Å². The fourth-order valence-corrected chi connectivity index (χ4v) is 4.00. The number of rotatable bonds is 9. The van der Waals surface area contributed by atoms with Crippen molar-refractivity contribution in [2.75, 3.05) is 18.5 Å². The zero-order valence-electron chi connectivity index (χ0n) is 22.0. The van der Waals surface area contributed by atoms with Crippen LogP contribution in [0.25, 0.3) is 0 Å². The van der Waals surface area contributed by atoms with E-state index < -0.39 is 30.6 Å².